The molecule has 2 heterocycles. The van der Waals surface area contributed by atoms with E-state index < -0.39 is 0 Å². The van der Waals surface area contributed by atoms with Crippen molar-refractivity contribution in [2.24, 2.45) is 10.7 Å². The van der Waals surface area contributed by atoms with Crippen LogP contribution in [0.3, 0.4) is 0 Å². The van der Waals surface area contributed by atoms with Gasteiger partial charge in [-0.2, -0.15) is 0 Å². The summed E-state index contributed by atoms with van der Waals surface area (Å²) in [6.45, 7) is 4.54. The summed E-state index contributed by atoms with van der Waals surface area (Å²) in [7, 11) is 4.84. The molecule has 0 radical (unpaired) electrons. The van der Waals surface area contributed by atoms with Crippen molar-refractivity contribution in [3.8, 4) is 0 Å². The molecule has 2 fully saturated rings. The Hall–Kier alpha value is -0.580. The third kappa shape index (κ3) is 32.3. The van der Waals surface area contributed by atoms with Crippen LogP contribution in [0.25, 0.3) is 0 Å². The summed E-state index contributed by atoms with van der Waals surface area (Å²) in [4.78, 5) is 34.7. The van der Waals surface area contributed by atoms with Crippen LogP contribution < -0.4 is 51.2 Å². The quantitative estimate of drug-likeness (QED) is 0.161. The largest absolute Gasteiger partial charge is 1.00 e. The van der Waals surface area contributed by atoms with Crippen LogP contribution in [-0.4, -0.2) is 95.3 Å². The number of hydrogen-bond acceptors (Lipinski definition) is 6. The molecule has 4 amide bonds. The van der Waals surface area contributed by atoms with Crippen molar-refractivity contribution in [3.63, 3.8) is 0 Å². The van der Waals surface area contributed by atoms with Crippen molar-refractivity contribution < 1.29 is 50.1 Å². The van der Waals surface area contributed by atoms with Crippen molar-refractivity contribution in [1.29, 1.82) is 0 Å². The second kappa shape index (κ2) is 32.1. The van der Waals surface area contributed by atoms with Crippen LogP contribution in [0.15, 0.2) is 4.99 Å². The number of rotatable bonds is 4. The van der Waals surface area contributed by atoms with Gasteiger partial charge in [0.1, 0.15) is 0 Å². The van der Waals surface area contributed by atoms with E-state index in [2.05, 4.69) is 26.7 Å². The number of ether oxygens (including phenoxy) is 1. The van der Waals surface area contributed by atoms with E-state index in [-0.39, 0.29) is 43.0 Å². The van der Waals surface area contributed by atoms with Crippen molar-refractivity contribution in [3.05, 3.63) is 0 Å². The van der Waals surface area contributed by atoms with Gasteiger partial charge in [-0.25, -0.2) is 19.4 Å². The number of nitrogens with one attached hydrogen (secondary N) is 3. The minimum absolute atomic E-state index is 0. The van der Waals surface area contributed by atoms with Crippen LogP contribution >= 0.6 is 23.2 Å². The van der Waals surface area contributed by atoms with E-state index in [4.69, 9.17) is 27.9 Å². The van der Waals surface area contributed by atoms with Crippen molar-refractivity contribution in [2.45, 2.75) is 12.8 Å². The van der Waals surface area contributed by atoms with Gasteiger partial charge in [-0.15, -0.1) is 23.2 Å². The number of carbonyl (C=O) groups is 2. The summed E-state index contributed by atoms with van der Waals surface area (Å²) < 4.78 is 4.94. The zero-order valence-corrected chi connectivity index (χ0v) is 21.4. The van der Waals surface area contributed by atoms with E-state index in [1.165, 1.54) is 26.0 Å². The second-order valence-corrected chi connectivity index (χ2v) is 5.59. The van der Waals surface area contributed by atoms with Gasteiger partial charge < -0.3 is 32.7 Å². The molecule has 5 N–H and O–H groups in total. The van der Waals surface area contributed by atoms with Gasteiger partial charge in [0.2, 0.25) is 6.08 Å². The Morgan fingerprint density at radius 1 is 1.34 bits per heavy atom. The van der Waals surface area contributed by atoms with E-state index >= 15 is 0 Å². The van der Waals surface area contributed by atoms with Gasteiger partial charge >= 0.3 is 41.6 Å². The smallest absolute Gasteiger partial charge is 1.00 e. The molecule has 10 nitrogen and oxygen atoms in total. The van der Waals surface area contributed by atoms with Crippen LogP contribution in [0.1, 0.15) is 14.3 Å². The van der Waals surface area contributed by atoms with Crippen molar-refractivity contribution >= 4 is 41.3 Å². The Labute approximate surface area is 207 Å². The number of likely N-dealkylation sites (N-methyl/N-ethyl adjacent to an activating group) is 1. The Bertz CT molecular complexity index is 414. The number of aliphatic imine (C=N–C) groups is 1. The summed E-state index contributed by atoms with van der Waals surface area (Å²) in [6, 6.07) is -0.148. The molecule has 0 aromatic heterocycles. The van der Waals surface area contributed by atoms with Crippen LogP contribution in [0.2, 0.25) is 0 Å². The number of nitrogens with zero attached hydrogens (tertiary/aromatic N) is 2. The number of carbonyl (C=O) groups excluding carboxylic acids is 3. The normalized spacial score (nSPS) is 12.9. The molecule has 0 unspecified atom stereocenters. The molecule has 0 bridgehead atoms. The van der Waals surface area contributed by atoms with E-state index in [9.17, 15) is 14.4 Å². The molecular weight excluding hydrogens is 434 g/mol. The molecule has 2 rings (SSSR count). The summed E-state index contributed by atoms with van der Waals surface area (Å²) in [5.74, 6) is 0.850. The maximum absolute atomic E-state index is 10.4. The third-order valence-corrected chi connectivity index (χ3v) is 3.12. The Balaban J connectivity index is -0.0000000889. The summed E-state index contributed by atoms with van der Waals surface area (Å²) in [5.41, 5.74) is 4.50. The minimum Gasteiger partial charge on any atom is -1.00 e. The SMILES string of the molecule is C1CCOC1.CN.CN1CCNC1=O.CNC(=O)NCCCl.O=C=NCCCl.[H-].[Na+]. The zero-order valence-electron chi connectivity index (χ0n) is 18.9. The number of nitrogens with two attached hydrogens (primary N) is 1. The maximum atomic E-state index is 10.4. The first-order chi connectivity index (χ1) is 13.5. The van der Waals surface area contributed by atoms with Gasteiger partial charge in [0.15, 0.2) is 0 Å². The van der Waals surface area contributed by atoms with E-state index in [0.29, 0.717) is 24.8 Å². The minimum atomic E-state index is -0.189. The number of amides is 4. The molecule has 29 heavy (non-hydrogen) atoms. The molecule has 13 heteroatoms. The molecule has 2 aliphatic heterocycles. The fourth-order valence-electron chi connectivity index (χ4n) is 1.41. The zero-order chi connectivity index (χ0) is 22.0. The Kier molecular flexibility index (Phi) is 39.7. The molecule has 2 aliphatic rings. The van der Waals surface area contributed by atoms with Crippen LogP contribution in [-0.2, 0) is 9.53 Å². The first kappa shape index (κ1) is 35.8. The van der Waals surface area contributed by atoms with Gasteiger partial charge in [0.05, 0.1) is 6.54 Å². The predicted octanol–water partition coefficient (Wildman–Crippen LogP) is -2.16. The molecule has 168 valence electrons. The maximum Gasteiger partial charge on any atom is 1.00 e. The van der Waals surface area contributed by atoms with Gasteiger partial charge in [0.25, 0.3) is 0 Å². The van der Waals surface area contributed by atoms with Gasteiger partial charge in [-0.05, 0) is 19.9 Å². The Morgan fingerprint density at radius 3 is 2.14 bits per heavy atom. The Morgan fingerprint density at radius 2 is 1.93 bits per heavy atom. The van der Waals surface area contributed by atoms with Crippen LogP contribution in [0.4, 0.5) is 9.59 Å². The number of hydrogen-bond donors (Lipinski definition) is 4. The van der Waals surface area contributed by atoms with Crippen LogP contribution in [0, 0.1) is 0 Å². The molecule has 2 saturated heterocycles. The number of isocyanates is 1. The first-order valence-corrected chi connectivity index (χ1v) is 9.85. The van der Waals surface area contributed by atoms with Gasteiger partial charge in [-0.1, -0.05) is 0 Å². The predicted molar refractivity (Wildman–Crippen MR) is 114 cm³/mol. The summed E-state index contributed by atoms with van der Waals surface area (Å²) >= 11 is 10.4. The molecule has 0 atom stereocenters. The molecule has 0 aromatic rings. The number of halogens is 2. The fraction of sp³-hybridized carbons (Fsp3) is 0.812. The monoisotopic (exact) mass is 468 g/mol. The summed E-state index contributed by atoms with van der Waals surface area (Å²) in [5, 5.41) is 7.55. The third-order valence-electron chi connectivity index (χ3n) is 2.77. The standard InChI is InChI=1S/C4H9ClN2O.C4H8N2O.C4H8O.C3H4ClNO.CH5N.Na.H/c1-6-4(8)7-3-2-5;1-6-3-2-5-4(6)7;1-2-4-5-3-1;4-1-2-5-3-6;1-2;;/h2-3H2,1H3,(H2,6,7,8);2-3H2,1H3,(H,5,7);1-4H2;1-2H2;2H2,1H3;;/q;;;;;+1;-1. The number of urea groups is 2. The molecule has 0 spiro atoms. The van der Waals surface area contributed by atoms with Crippen molar-refractivity contribution in [2.75, 3.05) is 72.3 Å². The molecule has 0 aliphatic carbocycles. The molecular formula is C16H35Cl2N6NaO4. The first-order valence-electron chi connectivity index (χ1n) is 8.79. The van der Waals surface area contributed by atoms with Gasteiger partial charge in [0, 0.05) is 58.7 Å². The fourth-order valence-corrected chi connectivity index (χ4v) is 1.59. The van der Waals surface area contributed by atoms with Crippen molar-refractivity contribution in [1.82, 2.24) is 20.9 Å². The average molecular weight is 469 g/mol. The average Bonchev–Trinajstić information content (AvgIpc) is 3.43. The summed E-state index contributed by atoms with van der Waals surface area (Å²) in [6.07, 6.45) is 3.91. The topological polar surface area (TPSA) is 138 Å². The molecule has 0 aromatic carbocycles. The number of alkyl halides is 2. The van der Waals surface area contributed by atoms with Crippen LogP contribution in [0.5, 0.6) is 0 Å². The van der Waals surface area contributed by atoms with E-state index in [0.717, 1.165) is 26.3 Å². The van der Waals surface area contributed by atoms with E-state index in [1.807, 2.05) is 0 Å². The molecule has 0 saturated carbocycles. The second-order valence-electron chi connectivity index (χ2n) is 4.83. The van der Waals surface area contributed by atoms with Gasteiger partial charge in [-0.3, -0.25) is 0 Å². The van der Waals surface area contributed by atoms with E-state index in [1.54, 1.807) is 19.0 Å².